The van der Waals surface area contributed by atoms with Crippen LogP contribution in [0, 0.1) is 0 Å². The minimum absolute atomic E-state index is 0.631. The first-order valence-corrected chi connectivity index (χ1v) is 5.45. The topological polar surface area (TPSA) is 38.5 Å². The molecule has 0 aromatic heterocycles. The van der Waals surface area contributed by atoms with Crippen LogP contribution in [0.1, 0.15) is 25.7 Å². The first-order chi connectivity index (χ1) is 6.42. The number of likely N-dealkylation sites (tertiary alicyclic amines) is 1. The molecule has 2 N–H and O–H groups in total. The van der Waals surface area contributed by atoms with Crippen LogP contribution in [0.5, 0.6) is 0 Å². The highest BCUT2D eigenvalue weighted by Gasteiger charge is 2.30. The molecule has 2 rings (SSSR count). The molecule has 2 heterocycles. The zero-order chi connectivity index (χ0) is 9.10. The molecule has 2 fully saturated rings. The van der Waals surface area contributed by atoms with E-state index in [1.807, 2.05) is 0 Å². The summed E-state index contributed by atoms with van der Waals surface area (Å²) in [5.41, 5.74) is 5.75. The lowest BCUT2D eigenvalue weighted by atomic mass is 10.1. The maximum Gasteiger partial charge on any atom is 0.0621 e. The predicted octanol–water partition coefficient (Wildman–Crippen LogP) is 0.588. The highest BCUT2D eigenvalue weighted by atomic mass is 16.5. The first-order valence-electron chi connectivity index (χ1n) is 5.45. The van der Waals surface area contributed by atoms with E-state index in [2.05, 4.69) is 4.90 Å². The van der Waals surface area contributed by atoms with Gasteiger partial charge in [-0.05, 0) is 32.2 Å². The first kappa shape index (κ1) is 9.44. The second-order valence-corrected chi connectivity index (χ2v) is 4.14. The van der Waals surface area contributed by atoms with Crippen molar-refractivity contribution in [2.24, 2.45) is 5.73 Å². The van der Waals surface area contributed by atoms with Crippen LogP contribution in [0.15, 0.2) is 0 Å². The number of hydrogen-bond acceptors (Lipinski definition) is 3. The van der Waals surface area contributed by atoms with Gasteiger partial charge < -0.3 is 10.5 Å². The van der Waals surface area contributed by atoms with E-state index < -0.39 is 0 Å². The molecule has 3 nitrogen and oxygen atoms in total. The van der Waals surface area contributed by atoms with Crippen molar-refractivity contribution in [3.05, 3.63) is 0 Å². The summed E-state index contributed by atoms with van der Waals surface area (Å²) < 4.78 is 5.50. The van der Waals surface area contributed by atoms with Crippen molar-refractivity contribution in [2.75, 3.05) is 26.3 Å². The molecule has 0 spiro atoms. The molecular weight excluding hydrogens is 164 g/mol. The summed E-state index contributed by atoms with van der Waals surface area (Å²) in [7, 11) is 0. The lowest BCUT2D eigenvalue weighted by molar-refractivity contribution is 0.0141. The summed E-state index contributed by atoms with van der Waals surface area (Å²) in [6.07, 6.45) is 5.13. The Morgan fingerprint density at radius 3 is 2.92 bits per heavy atom. The van der Waals surface area contributed by atoms with E-state index in [0.29, 0.717) is 12.1 Å². The van der Waals surface area contributed by atoms with E-state index in [1.54, 1.807) is 0 Å². The third kappa shape index (κ3) is 2.03. The average Bonchev–Trinajstić information content (AvgIpc) is 2.67. The van der Waals surface area contributed by atoms with Crippen LogP contribution in [0.4, 0.5) is 0 Å². The largest absolute Gasteiger partial charge is 0.380 e. The Balaban J connectivity index is 1.90. The van der Waals surface area contributed by atoms with E-state index in [-0.39, 0.29) is 0 Å². The Kier molecular flexibility index (Phi) is 3.19. The van der Waals surface area contributed by atoms with Gasteiger partial charge in [-0.25, -0.2) is 0 Å². The summed E-state index contributed by atoms with van der Waals surface area (Å²) in [6.45, 7) is 3.93. The van der Waals surface area contributed by atoms with Crippen LogP contribution in [-0.2, 0) is 4.74 Å². The van der Waals surface area contributed by atoms with Gasteiger partial charge >= 0.3 is 0 Å². The lowest BCUT2D eigenvalue weighted by Crippen LogP contribution is -2.46. The SMILES string of the molecule is NCC1CCCN1C1CCCOC1. The quantitative estimate of drug-likeness (QED) is 0.682. The standard InChI is InChI=1S/C10H20N2O/c11-7-9-3-1-5-12(9)10-4-2-6-13-8-10/h9-10H,1-8,11H2. The van der Waals surface area contributed by atoms with E-state index in [4.69, 9.17) is 10.5 Å². The molecule has 2 atom stereocenters. The van der Waals surface area contributed by atoms with Gasteiger partial charge in [-0.2, -0.15) is 0 Å². The molecule has 0 aromatic rings. The van der Waals surface area contributed by atoms with E-state index in [1.165, 1.54) is 32.2 Å². The van der Waals surface area contributed by atoms with E-state index in [9.17, 15) is 0 Å². The van der Waals surface area contributed by atoms with Crippen LogP contribution in [0.25, 0.3) is 0 Å². The molecule has 0 bridgehead atoms. The van der Waals surface area contributed by atoms with Crippen molar-refractivity contribution in [3.63, 3.8) is 0 Å². The van der Waals surface area contributed by atoms with Crippen molar-refractivity contribution < 1.29 is 4.74 Å². The van der Waals surface area contributed by atoms with Gasteiger partial charge in [0, 0.05) is 25.2 Å². The molecule has 2 saturated heterocycles. The fourth-order valence-electron chi connectivity index (χ4n) is 2.58. The average molecular weight is 184 g/mol. The molecule has 76 valence electrons. The number of nitrogens with two attached hydrogens (primary N) is 1. The molecule has 2 aliphatic rings. The summed E-state index contributed by atoms with van der Waals surface area (Å²) in [5, 5.41) is 0. The molecular formula is C10H20N2O. The summed E-state index contributed by atoms with van der Waals surface area (Å²) in [6, 6.07) is 1.29. The summed E-state index contributed by atoms with van der Waals surface area (Å²) in [5.74, 6) is 0. The Labute approximate surface area is 80.2 Å². The third-order valence-electron chi connectivity index (χ3n) is 3.30. The predicted molar refractivity (Wildman–Crippen MR) is 52.6 cm³/mol. The smallest absolute Gasteiger partial charge is 0.0621 e. The maximum atomic E-state index is 5.75. The summed E-state index contributed by atoms with van der Waals surface area (Å²) in [4.78, 5) is 2.57. The Morgan fingerprint density at radius 2 is 2.23 bits per heavy atom. The minimum Gasteiger partial charge on any atom is -0.380 e. The Hall–Kier alpha value is -0.120. The number of rotatable bonds is 2. The van der Waals surface area contributed by atoms with Gasteiger partial charge in [0.1, 0.15) is 0 Å². The zero-order valence-corrected chi connectivity index (χ0v) is 8.24. The molecule has 0 radical (unpaired) electrons. The molecule has 0 amide bonds. The monoisotopic (exact) mass is 184 g/mol. The second-order valence-electron chi connectivity index (χ2n) is 4.14. The zero-order valence-electron chi connectivity index (χ0n) is 8.24. The van der Waals surface area contributed by atoms with Crippen molar-refractivity contribution >= 4 is 0 Å². The van der Waals surface area contributed by atoms with Gasteiger partial charge in [-0.15, -0.1) is 0 Å². The molecule has 0 aromatic carbocycles. The molecule has 13 heavy (non-hydrogen) atoms. The fraction of sp³-hybridized carbons (Fsp3) is 1.00. The van der Waals surface area contributed by atoms with Crippen molar-refractivity contribution in [1.29, 1.82) is 0 Å². The van der Waals surface area contributed by atoms with Gasteiger partial charge in [-0.1, -0.05) is 0 Å². The van der Waals surface area contributed by atoms with Crippen LogP contribution in [-0.4, -0.2) is 43.3 Å². The van der Waals surface area contributed by atoms with Crippen molar-refractivity contribution in [2.45, 2.75) is 37.8 Å². The third-order valence-corrected chi connectivity index (χ3v) is 3.30. The van der Waals surface area contributed by atoms with E-state index >= 15 is 0 Å². The molecule has 2 aliphatic heterocycles. The van der Waals surface area contributed by atoms with Crippen LogP contribution < -0.4 is 5.73 Å². The highest BCUT2D eigenvalue weighted by molar-refractivity contribution is 4.86. The van der Waals surface area contributed by atoms with Crippen LogP contribution in [0.3, 0.4) is 0 Å². The highest BCUT2D eigenvalue weighted by Crippen LogP contribution is 2.23. The van der Waals surface area contributed by atoms with Crippen LogP contribution in [0.2, 0.25) is 0 Å². The minimum atomic E-state index is 0.631. The molecule has 3 heteroatoms. The second kappa shape index (κ2) is 4.40. The van der Waals surface area contributed by atoms with Crippen LogP contribution >= 0.6 is 0 Å². The Morgan fingerprint density at radius 1 is 1.31 bits per heavy atom. The molecule has 0 saturated carbocycles. The maximum absolute atomic E-state index is 5.75. The summed E-state index contributed by atoms with van der Waals surface area (Å²) >= 11 is 0. The van der Waals surface area contributed by atoms with Gasteiger partial charge in [0.15, 0.2) is 0 Å². The number of ether oxygens (including phenoxy) is 1. The van der Waals surface area contributed by atoms with Gasteiger partial charge in [0.2, 0.25) is 0 Å². The van der Waals surface area contributed by atoms with Gasteiger partial charge in [0.25, 0.3) is 0 Å². The van der Waals surface area contributed by atoms with Crippen molar-refractivity contribution in [3.8, 4) is 0 Å². The van der Waals surface area contributed by atoms with Gasteiger partial charge in [-0.3, -0.25) is 4.90 Å². The molecule has 0 aliphatic carbocycles. The Bertz CT molecular complexity index is 157. The number of nitrogens with zero attached hydrogens (tertiary/aromatic N) is 1. The van der Waals surface area contributed by atoms with Gasteiger partial charge in [0.05, 0.1) is 6.61 Å². The molecule has 2 unspecified atom stereocenters. The van der Waals surface area contributed by atoms with E-state index in [0.717, 1.165) is 19.8 Å². The number of hydrogen-bond donors (Lipinski definition) is 1. The normalized spacial score (nSPS) is 36.7. The lowest BCUT2D eigenvalue weighted by Gasteiger charge is -2.34. The fourth-order valence-corrected chi connectivity index (χ4v) is 2.58. The van der Waals surface area contributed by atoms with Crippen molar-refractivity contribution in [1.82, 2.24) is 4.90 Å².